The van der Waals surface area contributed by atoms with E-state index in [-0.39, 0.29) is 0 Å². The molecule has 0 aromatic heterocycles. The average Bonchev–Trinajstić information content (AvgIpc) is 2.49. The minimum atomic E-state index is 0.673. The lowest BCUT2D eigenvalue weighted by molar-refractivity contribution is 0.350. The average molecular weight is 303 g/mol. The molecule has 0 aromatic carbocycles. The molecule has 0 saturated heterocycles. The molecule has 2 atom stereocenters. The topological polar surface area (TPSA) is 9.23 Å². The van der Waals surface area contributed by atoms with E-state index in [2.05, 4.69) is 13.8 Å². The number of hydrogen-bond donors (Lipinski definition) is 0. The van der Waals surface area contributed by atoms with Crippen molar-refractivity contribution < 1.29 is 3.63 Å². The van der Waals surface area contributed by atoms with Crippen LogP contribution in [0.5, 0.6) is 0 Å². The molecular weight excluding hydrogens is 272 g/mol. The first-order chi connectivity index (χ1) is 9.27. The number of hydrogen-bond acceptors (Lipinski definition) is 3. The third kappa shape index (κ3) is 5.51. The molecule has 2 aliphatic rings. The molecule has 2 aliphatic carbocycles. The predicted octanol–water partition coefficient (Wildman–Crippen LogP) is 6.24. The molecular formula is C16H30OS2. The van der Waals surface area contributed by atoms with E-state index in [0.717, 1.165) is 11.8 Å². The maximum atomic E-state index is 5.90. The standard InChI is InChI=1S/C16H30OS2/c1-13(15-9-5-3-6-10-15)18-17-19-14(2)16-11-7-4-8-12-16/h13-16H,3-12H2,1-2H3. The van der Waals surface area contributed by atoms with Crippen molar-refractivity contribution in [2.24, 2.45) is 11.8 Å². The van der Waals surface area contributed by atoms with Gasteiger partial charge in [-0.05, 0) is 37.5 Å². The molecule has 2 unspecified atom stereocenters. The first-order valence-corrected chi connectivity index (χ1v) is 9.87. The van der Waals surface area contributed by atoms with Crippen LogP contribution in [0, 0.1) is 11.8 Å². The highest BCUT2D eigenvalue weighted by Gasteiger charge is 2.24. The van der Waals surface area contributed by atoms with Crippen molar-refractivity contribution in [3.63, 3.8) is 0 Å². The largest absolute Gasteiger partial charge is 0.247 e. The van der Waals surface area contributed by atoms with Crippen molar-refractivity contribution in [2.75, 3.05) is 0 Å². The van der Waals surface area contributed by atoms with Gasteiger partial charge in [0.05, 0.1) is 0 Å². The van der Waals surface area contributed by atoms with Gasteiger partial charge < -0.3 is 0 Å². The molecule has 2 saturated carbocycles. The molecule has 2 fully saturated rings. The van der Waals surface area contributed by atoms with Crippen molar-refractivity contribution in [1.29, 1.82) is 0 Å². The van der Waals surface area contributed by atoms with Crippen molar-refractivity contribution >= 4 is 24.1 Å². The van der Waals surface area contributed by atoms with Crippen LogP contribution in [0.1, 0.15) is 78.1 Å². The van der Waals surface area contributed by atoms with Crippen LogP contribution < -0.4 is 0 Å². The van der Waals surface area contributed by atoms with Gasteiger partial charge in [0.1, 0.15) is 0 Å². The molecule has 112 valence electrons. The van der Waals surface area contributed by atoms with Crippen LogP contribution in [-0.4, -0.2) is 10.5 Å². The lowest BCUT2D eigenvalue weighted by Crippen LogP contribution is -2.19. The molecule has 2 rings (SSSR count). The van der Waals surface area contributed by atoms with Crippen molar-refractivity contribution in [2.45, 2.75) is 88.6 Å². The molecule has 0 radical (unpaired) electrons. The zero-order valence-corrected chi connectivity index (χ0v) is 14.2. The number of rotatable bonds is 6. The van der Waals surface area contributed by atoms with E-state index in [0.29, 0.717) is 10.5 Å². The summed E-state index contributed by atoms with van der Waals surface area (Å²) in [7, 11) is 0. The van der Waals surface area contributed by atoms with E-state index >= 15 is 0 Å². The van der Waals surface area contributed by atoms with Gasteiger partial charge >= 0.3 is 0 Å². The van der Waals surface area contributed by atoms with E-state index < -0.39 is 0 Å². The molecule has 0 bridgehead atoms. The molecule has 0 spiro atoms. The Morgan fingerprint density at radius 3 is 1.42 bits per heavy atom. The Bertz CT molecular complexity index is 211. The van der Waals surface area contributed by atoms with Crippen LogP contribution in [0.25, 0.3) is 0 Å². The van der Waals surface area contributed by atoms with Crippen LogP contribution in [0.2, 0.25) is 0 Å². The van der Waals surface area contributed by atoms with Crippen LogP contribution in [0.15, 0.2) is 0 Å². The summed E-state index contributed by atoms with van der Waals surface area (Å²) < 4.78 is 5.90. The third-order valence-electron chi connectivity index (χ3n) is 5.01. The Hall–Kier alpha value is 0.660. The second-order valence-electron chi connectivity index (χ2n) is 6.47. The second-order valence-corrected chi connectivity index (χ2v) is 8.88. The normalized spacial score (nSPS) is 26.2. The van der Waals surface area contributed by atoms with Gasteiger partial charge in [0.25, 0.3) is 0 Å². The first kappa shape index (κ1) is 16.0. The van der Waals surface area contributed by atoms with E-state index in [1.165, 1.54) is 64.2 Å². The lowest BCUT2D eigenvalue weighted by atomic mass is 9.87. The summed E-state index contributed by atoms with van der Waals surface area (Å²) in [6, 6.07) is 0. The maximum absolute atomic E-state index is 5.90. The zero-order valence-electron chi connectivity index (χ0n) is 12.6. The van der Waals surface area contributed by atoms with E-state index in [9.17, 15) is 0 Å². The Morgan fingerprint density at radius 1 is 0.684 bits per heavy atom. The maximum Gasteiger partial charge on any atom is 0.0323 e. The van der Waals surface area contributed by atoms with Crippen LogP contribution >= 0.6 is 24.1 Å². The summed E-state index contributed by atoms with van der Waals surface area (Å²) in [4.78, 5) is 0. The highest BCUT2D eigenvalue weighted by molar-refractivity contribution is 8.08. The zero-order chi connectivity index (χ0) is 13.5. The van der Waals surface area contributed by atoms with Gasteiger partial charge in [0.15, 0.2) is 0 Å². The first-order valence-electron chi connectivity index (χ1n) is 8.26. The Labute approximate surface area is 128 Å². The summed E-state index contributed by atoms with van der Waals surface area (Å²) in [6.07, 6.45) is 14.3. The van der Waals surface area contributed by atoms with Crippen molar-refractivity contribution in [1.82, 2.24) is 0 Å². The van der Waals surface area contributed by atoms with Crippen LogP contribution in [0.4, 0.5) is 0 Å². The summed E-state index contributed by atoms with van der Waals surface area (Å²) in [5, 5.41) is 1.35. The van der Waals surface area contributed by atoms with Gasteiger partial charge in [-0.25, -0.2) is 3.63 Å². The minimum Gasteiger partial charge on any atom is -0.247 e. The minimum absolute atomic E-state index is 0.673. The monoisotopic (exact) mass is 302 g/mol. The molecule has 0 aromatic rings. The van der Waals surface area contributed by atoms with Gasteiger partial charge in [0, 0.05) is 34.6 Å². The van der Waals surface area contributed by atoms with Gasteiger partial charge in [-0.1, -0.05) is 52.4 Å². The van der Waals surface area contributed by atoms with E-state index in [1.54, 1.807) is 24.1 Å². The van der Waals surface area contributed by atoms with Crippen LogP contribution in [0.3, 0.4) is 0 Å². The smallest absolute Gasteiger partial charge is 0.0323 e. The summed E-state index contributed by atoms with van der Waals surface area (Å²) in [5.41, 5.74) is 0. The highest BCUT2D eigenvalue weighted by Crippen LogP contribution is 2.38. The molecule has 0 heterocycles. The van der Waals surface area contributed by atoms with Crippen molar-refractivity contribution in [3.05, 3.63) is 0 Å². The van der Waals surface area contributed by atoms with Gasteiger partial charge in [0.2, 0.25) is 0 Å². The van der Waals surface area contributed by atoms with Gasteiger partial charge in [-0.15, -0.1) is 0 Å². The van der Waals surface area contributed by atoms with Gasteiger partial charge in [-0.2, -0.15) is 0 Å². The van der Waals surface area contributed by atoms with E-state index in [4.69, 9.17) is 3.63 Å². The highest BCUT2D eigenvalue weighted by atomic mass is 32.2. The Balaban J connectivity index is 1.59. The molecule has 0 amide bonds. The molecule has 3 heteroatoms. The summed E-state index contributed by atoms with van der Waals surface area (Å²) in [5.74, 6) is 1.79. The fourth-order valence-corrected chi connectivity index (χ4v) is 5.54. The quantitative estimate of drug-likeness (QED) is 0.538. The predicted molar refractivity (Wildman–Crippen MR) is 88.3 cm³/mol. The second kappa shape index (κ2) is 8.84. The fraction of sp³-hybridized carbons (Fsp3) is 1.00. The molecule has 0 aliphatic heterocycles. The van der Waals surface area contributed by atoms with Gasteiger partial charge in [-0.3, -0.25) is 0 Å². The summed E-state index contributed by atoms with van der Waals surface area (Å²) >= 11 is 3.48. The molecule has 19 heavy (non-hydrogen) atoms. The van der Waals surface area contributed by atoms with Crippen LogP contribution in [-0.2, 0) is 3.63 Å². The SMILES string of the molecule is CC(SOSC(C)C1CCCCC1)C1CCCCC1. The Kier molecular flexibility index (Phi) is 7.46. The molecule has 0 N–H and O–H groups in total. The fourth-order valence-electron chi connectivity index (χ4n) is 3.51. The molecule has 1 nitrogen and oxygen atoms in total. The summed E-state index contributed by atoms with van der Waals surface area (Å²) in [6.45, 7) is 4.71. The van der Waals surface area contributed by atoms with Crippen molar-refractivity contribution in [3.8, 4) is 0 Å². The van der Waals surface area contributed by atoms with E-state index in [1.807, 2.05) is 0 Å². The Morgan fingerprint density at radius 2 is 1.05 bits per heavy atom. The third-order valence-corrected chi connectivity index (χ3v) is 7.01. The lowest BCUT2D eigenvalue weighted by Gasteiger charge is -2.28.